The summed E-state index contributed by atoms with van der Waals surface area (Å²) in [5.74, 6) is 0.125. The zero-order valence-corrected chi connectivity index (χ0v) is 11.5. The second kappa shape index (κ2) is 6.33. The van der Waals surface area contributed by atoms with Crippen molar-refractivity contribution in [2.75, 3.05) is 25.4 Å². The van der Waals surface area contributed by atoms with Crippen LogP contribution in [0.5, 0.6) is 0 Å². The van der Waals surface area contributed by atoms with Crippen molar-refractivity contribution in [2.45, 2.75) is 37.8 Å². The van der Waals surface area contributed by atoms with E-state index < -0.39 is 10.0 Å². The van der Waals surface area contributed by atoms with Crippen LogP contribution in [-0.2, 0) is 14.8 Å². The van der Waals surface area contributed by atoms with Gasteiger partial charge in [-0.05, 0) is 25.7 Å². The van der Waals surface area contributed by atoms with Gasteiger partial charge in [-0.1, -0.05) is 0 Å². The van der Waals surface area contributed by atoms with Crippen LogP contribution in [0.1, 0.15) is 25.7 Å². The van der Waals surface area contributed by atoms with Gasteiger partial charge in [0.05, 0.1) is 11.9 Å². The summed E-state index contributed by atoms with van der Waals surface area (Å²) >= 11 is 0. The molecule has 2 fully saturated rings. The Morgan fingerprint density at radius 2 is 2.06 bits per heavy atom. The van der Waals surface area contributed by atoms with Gasteiger partial charge in [-0.2, -0.15) is 0 Å². The number of sulfonamides is 1. The summed E-state index contributed by atoms with van der Waals surface area (Å²) in [4.78, 5) is 0. The second-order valence-electron chi connectivity index (χ2n) is 4.67. The van der Waals surface area contributed by atoms with Crippen molar-refractivity contribution in [1.82, 2.24) is 4.31 Å². The van der Waals surface area contributed by atoms with Crippen molar-refractivity contribution >= 4 is 22.4 Å². The molecule has 0 aromatic carbocycles. The monoisotopic (exact) mass is 284 g/mol. The van der Waals surface area contributed by atoms with E-state index in [1.165, 1.54) is 4.31 Å². The number of hydrogen-bond acceptors (Lipinski definition) is 4. The van der Waals surface area contributed by atoms with Crippen LogP contribution in [0.2, 0.25) is 0 Å². The van der Waals surface area contributed by atoms with Crippen molar-refractivity contribution in [3.8, 4) is 0 Å². The normalized spacial score (nSPS) is 31.1. The molecule has 0 spiro atoms. The fourth-order valence-electron chi connectivity index (χ4n) is 2.29. The molecule has 1 unspecified atom stereocenters. The van der Waals surface area contributed by atoms with Gasteiger partial charge in [-0.15, -0.1) is 12.4 Å². The smallest absolute Gasteiger partial charge is 0.216 e. The van der Waals surface area contributed by atoms with E-state index >= 15 is 0 Å². The minimum Gasteiger partial charge on any atom is -0.377 e. The first-order valence-corrected chi connectivity index (χ1v) is 7.54. The number of rotatable bonds is 3. The summed E-state index contributed by atoms with van der Waals surface area (Å²) in [6.45, 7) is 1.73. The van der Waals surface area contributed by atoms with Crippen molar-refractivity contribution < 1.29 is 13.2 Å². The van der Waals surface area contributed by atoms with Gasteiger partial charge in [-0.25, -0.2) is 12.7 Å². The molecule has 2 N–H and O–H groups in total. The first-order valence-electron chi connectivity index (χ1n) is 5.93. The maximum absolute atomic E-state index is 12.0. The van der Waals surface area contributed by atoms with Gasteiger partial charge < -0.3 is 10.5 Å². The summed E-state index contributed by atoms with van der Waals surface area (Å²) in [6, 6.07) is 0.00190. The highest BCUT2D eigenvalue weighted by Crippen LogP contribution is 2.18. The van der Waals surface area contributed by atoms with Gasteiger partial charge in [0.25, 0.3) is 0 Å². The Bertz CT molecular complexity index is 330. The van der Waals surface area contributed by atoms with Gasteiger partial charge in [0.15, 0.2) is 0 Å². The molecule has 0 amide bonds. The Balaban J connectivity index is 0.00000144. The average molecular weight is 285 g/mol. The lowest BCUT2D eigenvalue weighted by molar-refractivity contribution is 0.0299. The molecule has 2 heterocycles. The maximum Gasteiger partial charge on any atom is 0.216 e. The number of nitrogens with zero attached hydrogens (tertiary/aromatic N) is 1. The average Bonchev–Trinajstić information content (AvgIpc) is 2.66. The fraction of sp³-hybridized carbons (Fsp3) is 1.00. The Morgan fingerprint density at radius 3 is 2.59 bits per heavy atom. The van der Waals surface area contributed by atoms with Crippen LogP contribution in [-0.4, -0.2) is 50.3 Å². The topological polar surface area (TPSA) is 72.6 Å². The zero-order valence-electron chi connectivity index (χ0n) is 9.88. The lowest BCUT2D eigenvalue weighted by Crippen LogP contribution is -2.38. The van der Waals surface area contributed by atoms with Gasteiger partial charge in [0.2, 0.25) is 10.0 Å². The molecule has 0 aromatic heterocycles. The van der Waals surface area contributed by atoms with Gasteiger partial charge >= 0.3 is 0 Å². The van der Waals surface area contributed by atoms with Gasteiger partial charge in [0, 0.05) is 25.7 Å². The quantitative estimate of drug-likeness (QED) is 0.811. The third kappa shape index (κ3) is 4.06. The highest BCUT2D eigenvalue weighted by atomic mass is 35.5. The molecule has 102 valence electrons. The molecule has 0 aromatic rings. The Hall–Kier alpha value is 0.120. The van der Waals surface area contributed by atoms with Crippen LogP contribution in [0.4, 0.5) is 0 Å². The minimum absolute atomic E-state index is 0. The van der Waals surface area contributed by atoms with E-state index in [1.54, 1.807) is 0 Å². The molecule has 2 rings (SSSR count). The zero-order chi connectivity index (χ0) is 11.6. The summed E-state index contributed by atoms with van der Waals surface area (Å²) < 4.78 is 31.0. The van der Waals surface area contributed by atoms with E-state index in [9.17, 15) is 8.42 Å². The van der Waals surface area contributed by atoms with Gasteiger partial charge in [0.1, 0.15) is 0 Å². The number of halogens is 1. The summed E-state index contributed by atoms with van der Waals surface area (Å²) in [7, 11) is -3.16. The summed E-state index contributed by atoms with van der Waals surface area (Å²) in [6.07, 6.45) is 3.63. The highest BCUT2D eigenvalue weighted by molar-refractivity contribution is 7.89. The molecule has 0 saturated carbocycles. The van der Waals surface area contributed by atoms with Crippen LogP contribution in [0, 0.1) is 0 Å². The number of hydrogen-bond donors (Lipinski definition) is 1. The minimum atomic E-state index is -3.16. The molecule has 0 bridgehead atoms. The van der Waals surface area contributed by atoms with E-state index in [2.05, 4.69) is 0 Å². The van der Waals surface area contributed by atoms with Crippen LogP contribution in [0.3, 0.4) is 0 Å². The Morgan fingerprint density at radius 1 is 1.29 bits per heavy atom. The van der Waals surface area contributed by atoms with E-state index in [4.69, 9.17) is 10.5 Å². The van der Waals surface area contributed by atoms with E-state index in [-0.39, 0.29) is 30.3 Å². The van der Waals surface area contributed by atoms with E-state index in [0.29, 0.717) is 19.7 Å². The third-order valence-corrected chi connectivity index (χ3v) is 5.16. The van der Waals surface area contributed by atoms with Crippen molar-refractivity contribution in [3.63, 3.8) is 0 Å². The predicted molar refractivity (Wildman–Crippen MR) is 68.8 cm³/mol. The van der Waals surface area contributed by atoms with E-state index in [1.807, 2.05) is 0 Å². The molecule has 5 nitrogen and oxygen atoms in total. The molecule has 17 heavy (non-hydrogen) atoms. The van der Waals surface area contributed by atoms with Gasteiger partial charge in [-0.3, -0.25) is 0 Å². The third-order valence-electron chi connectivity index (χ3n) is 3.25. The lowest BCUT2D eigenvalue weighted by atomic mass is 10.1. The van der Waals surface area contributed by atoms with Crippen molar-refractivity contribution in [1.29, 1.82) is 0 Å². The summed E-state index contributed by atoms with van der Waals surface area (Å²) in [5.41, 5.74) is 5.72. The standard InChI is InChI=1S/C10H20N2O3S.ClH/c11-9-4-5-12(7-9)16(13,14)8-10-3-1-2-6-15-10;/h9-10H,1-8,11H2;1H/t9-,10?;/m1./s1. The SMILES string of the molecule is Cl.N[C@@H]1CCN(S(=O)(=O)CC2CCCCO2)C1. The molecule has 2 saturated heterocycles. The largest absolute Gasteiger partial charge is 0.377 e. The number of nitrogens with two attached hydrogens (primary N) is 1. The van der Waals surface area contributed by atoms with Crippen LogP contribution >= 0.6 is 12.4 Å². The molecule has 2 aliphatic rings. The molecule has 0 radical (unpaired) electrons. The molecule has 2 aliphatic heterocycles. The molecule has 7 heteroatoms. The summed E-state index contributed by atoms with van der Waals surface area (Å²) in [5, 5.41) is 0. The molecular formula is C10H21ClN2O3S. The Labute approximate surface area is 109 Å². The first-order chi connectivity index (χ1) is 7.58. The van der Waals surface area contributed by atoms with Crippen LogP contribution < -0.4 is 5.73 Å². The number of ether oxygens (including phenoxy) is 1. The fourth-order valence-corrected chi connectivity index (χ4v) is 4.03. The predicted octanol–water partition coefficient (Wildman–Crippen LogP) is 0.340. The van der Waals surface area contributed by atoms with Crippen molar-refractivity contribution in [3.05, 3.63) is 0 Å². The first kappa shape index (κ1) is 15.2. The lowest BCUT2D eigenvalue weighted by Gasteiger charge is -2.25. The van der Waals surface area contributed by atoms with E-state index in [0.717, 1.165) is 25.7 Å². The highest BCUT2D eigenvalue weighted by Gasteiger charge is 2.32. The Kier molecular flexibility index (Phi) is 5.66. The molecule has 2 atom stereocenters. The van der Waals surface area contributed by atoms with Crippen LogP contribution in [0.25, 0.3) is 0 Å². The molecular weight excluding hydrogens is 264 g/mol. The van der Waals surface area contributed by atoms with Crippen LogP contribution in [0.15, 0.2) is 0 Å². The second-order valence-corrected chi connectivity index (χ2v) is 6.69. The van der Waals surface area contributed by atoms with Crippen molar-refractivity contribution in [2.24, 2.45) is 5.73 Å². The maximum atomic E-state index is 12.0. The molecule has 0 aliphatic carbocycles.